The lowest BCUT2D eigenvalue weighted by molar-refractivity contribution is 0.318. The maximum Gasteiger partial charge on any atom is 0.142 e. The lowest BCUT2D eigenvalue weighted by atomic mass is 9.97. The minimum absolute atomic E-state index is 0.0187. The van der Waals surface area contributed by atoms with Crippen LogP contribution < -0.4 is 4.74 Å². The third-order valence-corrected chi connectivity index (χ3v) is 5.12. The van der Waals surface area contributed by atoms with Crippen LogP contribution >= 0.6 is 11.6 Å². The molecule has 0 saturated carbocycles. The molecule has 0 aromatic heterocycles. The molecule has 0 heterocycles. The number of benzene rings is 4. The van der Waals surface area contributed by atoms with Crippen LogP contribution in [0.5, 0.6) is 5.75 Å². The zero-order valence-electron chi connectivity index (χ0n) is 15.9. The maximum atomic E-state index is 14.8. The van der Waals surface area contributed by atoms with Crippen molar-refractivity contribution in [2.75, 3.05) is 6.61 Å². The van der Waals surface area contributed by atoms with Crippen LogP contribution in [0.15, 0.2) is 72.8 Å². The highest BCUT2D eigenvalue weighted by atomic mass is 35.5. The zero-order valence-corrected chi connectivity index (χ0v) is 16.6. The molecular formula is C25H19ClF2O. The molecule has 0 aliphatic carbocycles. The van der Waals surface area contributed by atoms with Gasteiger partial charge >= 0.3 is 0 Å². The molecule has 4 aromatic rings. The van der Waals surface area contributed by atoms with Gasteiger partial charge in [-0.2, -0.15) is 0 Å². The van der Waals surface area contributed by atoms with Gasteiger partial charge in [0.05, 0.1) is 11.6 Å². The van der Waals surface area contributed by atoms with E-state index in [0.717, 1.165) is 34.1 Å². The van der Waals surface area contributed by atoms with Crippen molar-refractivity contribution in [3.63, 3.8) is 0 Å². The maximum absolute atomic E-state index is 14.8. The first-order valence-electron chi connectivity index (χ1n) is 9.47. The molecule has 0 aliphatic rings. The second-order valence-electron chi connectivity index (χ2n) is 6.90. The molecule has 4 rings (SSSR count). The molecule has 0 aliphatic heterocycles. The van der Waals surface area contributed by atoms with Crippen molar-refractivity contribution in [2.24, 2.45) is 0 Å². The van der Waals surface area contributed by atoms with E-state index in [1.54, 1.807) is 12.1 Å². The van der Waals surface area contributed by atoms with Crippen LogP contribution in [0.4, 0.5) is 8.78 Å². The predicted molar refractivity (Wildman–Crippen MR) is 116 cm³/mol. The minimum atomic E-state index is -0.565. The number of ether oxygens (including phenoxy) is 1. The number of fused-ring (bicyclic) bond motifs is 1. The van der Waals surface area contributed by atoms with Crippen LogP contribution in [0, 0.1) is 11.6 Å². The molecule has 0 N–H and O–H groups in total. The summed E-state index contributed by atoms with van der Waals surface area (Å²) in [5.41, 5.74) is 2.46. The number of rotatable bonds is 5. The molecule has 0 fully saturated rings. The summed E-state index contributed by atoms with van der Waals surface area (Å²) >= 11 is 5.72. The van der Waals surface area contributed by atoms with E-state index in [9.17, 15) is 8.78 Å². The summed E-state index contributed by atoms with van der Waals surface area (Å²) in [4.78, 5) is 0. The molecule has 4 aromatic carbocycles. The Morgan fingerprint density at radius 2 is 1.38 bits per heavy atom. The number of halogens is 3. The van der Waals surface area contributed by atoms with Gasteiger partial charge < -0.3 is 4.74 Å². The lowest BCUT2D eigenvalue weighted by Gasteiger charge is -2.10. The SMILES string of the molecule is CCCOc1ccc2cc(-c3ccc(-c4ccc(Cl)c(F)c4)c(F)c3)ccc2c1. The van der Waals surface area contributed by atoms with E-state index in [1.165, 1.54) is 18.2 Å². The molecule has 1 nitrogen and oxygen atoms in total. The fourth-order valence-electron chi connectivity index (χ4n) is 3.31. The van der Waals surface area contributed by atoms with Crippen molar-refractivity contribution in [3.05, 3.63) is 89.5 Å². The fourth-order valence-corrected chi connectivity index (χ4v) is 3.42. The summed E-state index contributed by atoms with van der Waals surface area (Å²) in [5.74, 6) is -0.130. The summed E-state index contributed by atoms with van der Waals surface area (Å²) in [6.45, 7) is 2.76. The van der Waals surface area contributed by atoms with Crippen molar-refractivity contribution in [2.45, 2.75) is 13.3 Å². The first-order chi connectivity index (χ1) is 14.0. The van der Waals surface area contributed by atoms with Gasteiger partial charge in [0, 0.05) is 5.56 Å². The predicted octanol–water partition coefficient (Wildman–Crippen LogP) is 7.89. The van der Waals surface area contributed by atoms with Gasteiger partial charge in [-0.1, -0.05) is 54.9 Å². The van der Waals surface area contributed by atoms with Crippen LogP contribution in [-0.2, 0) is 0 Å². The highest BCUT2D eigenvalue weighted by Crippen LogP contribution is 2.32. The first-order valence-corrected chi connectivity index (χ1v) is 9.85. The Balaban J connectivity index is 1.66. The quantitative estimate of drug-likeness (QED) is 0.326. The summed E-state index contributed by atoms with van der Waals surface area (Å²) in [5, 5.41) is 2.14. The lowest BCUT2D eigenvalue weighted by Crippen LogP contribution is -1.94. The summed E-state index contributed by atoms with van der Waals surface area (Å²) in [6, 6.07) is 21.2. The molecule has 0 spiro atoms. The van der Waals surface area contributed by atoms with E-state index in [-0.39, 0.29) is 5.02 Å². The Morgan fingerprint density at radius 3 is 2.14 bits per heavy atom. The Kier molecular flexibility index (Phi) is 5.50. The van der Waals surface area contributed by atoms with Crippen LogP contribution in [-0.4, -0.2) is 6.61 Å². The Labute approximate surface area is 173 Å². The van der Waals surface area contributed by atoms with Crippen molar-refractivity contribution < 1.29 is 13.5 Å². The second-order valence-corrected chi connectivity index (χ2v) is 7.30. The molecular weight excluding hydrogens is 390 g/mol. The topological polar surface area (TPSA) is 9.23 Å². The van der Waals surface area contributed by atoms with Crippen molar-refractivity contribution in [1.82, 2.24) is 0 Å². The molecule has 29 heavy (non-hydrogen) atoms. The standard InChI is InChI=1S/C25H19ClF2O/c1-2-11-29-21-8-5-17-12-16(3-4-18(17)13-21)19-6-9-22(24(27)14-19)20-7-10-23(26)25(28)15-20/h3-10,12-15H,2,11H2,1H3. The van der Waals surface area contributed by atoms with E-state index in [4.69, 9.17) is 16.3 Å². The van der Waals surface area contributed by atoms with Gasteiger partial charge in [0.25, 0.3) is 0 Å². The molecule has 146 valence electrons. The van der Waals surface area contributed by atoms with Gasteiger partial charge in [-0.25, -0.2) is 8.78 Å². The van der Waals surface area contributed by atoms with Crippen molar-refractivity contribution >= 4 is 22.4 Å². The van der Waals surface area contributed by atoms with Crippen LogP contribution in [0.3, 0.4) is 0 Å². The molecule has 0 amide bonds. The van der Waals surface area contributed by atoms with Gasteiger partial charge in [0.15, 0.2) is 0 Å². The average molecular weight is 409 g/mol. The Morgan fingerprint density at radius 1 is 0.724 bits per heavy atom. The third kappa shape index (κ3) is 4.10. The monoisotopic (exact) mass is 408 g/mol. The van der Waals surface area contributed by atoms with E-state index in [1.807, 2.05) is 42.5 Å². The van der Waals surface area contributed by atoms with Crippen LogP contribution in [0.25, 0.3) is 33.0 Å². The molecule has 0 bridgehead atoms. The first kappa shape index (κ1) is 19.4. The fraction of sp³-hybridized carbons (Fsp3) is 0.120. The zero-order chi connectivity index (χ0) is 20.4. The van der Waals surface area contributed by atoms with Crippen molar-refractivity contribution in [1.29, 1.82) is 0 Å². The largest absolute Gasteiger partial charge is 0.494 e. The average Bonchev–Trinajstić information content (AvgIpc) is 2.73. The van der Waals surface area contributed by atoms with Gasteiger partial charge in [-0.05, 0) is 70.3 Å². The van der Waals surface area contributed by atoms with Gasteiger partial charge in [0.1, 0.15) is 17.4 Å². The molecule has 0 saturated heterocycles. The minimum Gasteiger partial charge on any atom is -0.494 e. The highest BCUT2D eigenvalue weighted by Gasteiger charge is 2.10. The summed E-state index contributed by atoms with van der Waals surface area (Å²) < 4.78 is 34.2. The summed E-state index contributed by atoms with van der Waals surface area (Å²) in [7, 11) is 0. The Hall–Kier alpha value is -2.91. The van der Waals surface area contributed by atoms with Gasteiger partial charge in [0.2, 0.25) is 0 Å². The molecule has 0 atom stereocenters. The van der Waals surface area contributed by atoms with Crippen LogP contribution in [0.1, 0.15) is 13.3 Å². The van der Waals surface area contributed by atoms with E-state index >= 15 is 0 Å². The van der Waals surface area contributed by atoms with Crippen molar-refractivity contribution in [3.8, 4) is 28.0 Å². The van der Waals surface area contributed by atoms with Gasteiger partial charge in [-0.15, -0.1) is 0 Å². The highest BCUT2D eigenvalue weighted by molar-refractivity contribution is 6.30. The smallest absolute Gasteiger partial charge is 0.142 e. The Bertz CT molecular complexity index is 1190. The van der Waals surface area contributed by atoms with Crippen LogP contribution in [0.2, 0.25) is 5.02 Å². The summed E-state index contributed by atoms with van der Waals surface area (Å²) in [6.07, 6.45) is 0.960. The molecule has 0 unspecified atom stereocenters. The molecule has 4 heteroatoms. The number of hydrogen-bond donors (Lipinski definition) is 0. The normalized spacial score (nSPS) is 11.0. The third-order valence-electron chi connectivity index (χ3n) is 4.82. The van der Waals surface area contributed by atoms with E-state index in [0.29, 0.717) is 17.7 Å². The van der Waals surface area contributed by atoms with Gasteiger partial charge in [-0.3, -0.25) is 0 Å². The number of hydrogen-bond acceptors (Lipinski definition) is 1. The van der Waals surface area contributed by atoms with E-state index < -0.39 is 11.6 Å². The second kappa shape index (κ2) is 8.22. The molecule has 0 radical (unpaired) electrons. The van der Waals surface area contributed by atoms with E-state index in [2.05, 4.69) is 6.92 Å².